The van der Waals surface area contributed by atoms with E-state index in [0.29, 0.717) is 30.9 Å². The first-order valence-electron chi connectivity index (χ1n) is 8.71. The Labute approximate surface area is 158 Å². The maximum atomic E-state index is 12.6. The van der Waals surface area contributed by atoms with Gasteiger partial charge in [0.1, 0.15) is 6.10 Å². The Balaban J connectivity index is 1.56. The Hall–Kier alpha value is -2.45. The van der Waals surface area contributed by atoms with Crippen molar-refractivity contribution in [3.05, 3.63) is 53.9 Å². The zero-order chi connectivity index (χ0) is 19.2. The summed E-state index contributed by atoms with van der Waals surface area (Å²) < 4.78 is 31.7. The van der Waals surface area contributed by atoms with Crippen LogP contribution in [0.25, 0.3) is 0 Å². The predicted molar refractivity (Wildman–Crippen MR) is 102 cm³/mol. The van der Waals surface area contributed by atoms with Gasteiger partial charge in [-0.15, -0.1) is 0 Å². The number of rotatable bonds is 3. The molecule has 0 aliphatic carbocycles. The van der Waals surface area contributed by atoms with Crippen molar-refractivity contribution >= 4 is 27.3 Å². The summed E-state index contributed by atoms with van der Waals surface area (Å²) >= 11 is 0. The lowest BCUT2D eigenvalue weighted by molar-refractivity contribution is -0.124. The van der Waals surface area contributed by atoms with Crippen molar-refractivity contribution in [2.45, 2.75) is 24.9 Å². The summed E-state index contributed by atoms with van der Waals surface area (Å²) in [6, 6.07) is 11.0. The molecule has 2 aromatic rings. The number of amides is 1. The Kier molecular flexibility index (Phi) is 4.20. The van der Waals surface area contributed by atoms with Crippen LogP contribution in [0.3, 0.4) is 0 Å². The average molecular weight is 387 g/mol. The number of hydrogen-bond donors (Lipinski definition) is 1. The van der Waals surface area contributed by atoms with Crippen LogP contribution in [0, 0.1) is 6.92 Å². The second-order valence-electron chi connectivity index (χ2n) is 7.25. The number of benzene rings is 1. The summed E-state index contributed by atoms with van der Waals surface area (Å²) in [6.07, 6.45) is 2.60. The van der Waals surface area contributed by atoms with Crippen molar-refractivity contribution in [2.24, 2.45) is 0 Å². The number of carbonyl (C=O) groups excluding carboxylic acids is 1. The molecule has 1 fully saturated rings. The van der Waals surface area contributed by atoms with Gasteiger partial charge in [0.2, 0.25) is 10.0 Å². The van der Waals surface area contributed by atoms with Crippen LogP contribution in [0.5, 0.6) is 0 Å². The second kappa shape index (κ2) is 6.31. The van der Waals surface area contributed by atoms with Crippen molar-refractivity contribution in [3.63, 3.8) is 0 Å². The topological polar surface area (TPSA) is 88.6 Å². The van der Waals surface area contributed by atoms with Crippen molar-refractivity contribution in [2.75, 3.05) is 29.0 Å². The van der Waals surface area contributed by atoms with E-state index in [4.69, 9.17) is 4.74 Å². The number of anilines is 2. The Morgan fingerprint density at radius 3 is 2.78 bits per heavy atom. The van der Waals surface area contributed by atoms with Gasteiger partial charge in [-0.3, -0.25) is 14.1 Å². The van der Waals surface area contributed by atoms with Gasteiger partial charge in [0.25, 0.3) is 5.91 Å². The van der Waals surface area contributed by atoms with E-state index >= 15 is 0 Å². The highest BCUT2D eigenvalue weighted by Gasteiger charge is 2.52. The maximum absolute atomic E-state index is 12.6. The number of para-hydroxylation sites is 1. The van der Waals surface area contributed by atoms with Crippen molar-refractivity contribution in [3.8, 4) is 0 Å². The highest BCUT2D eigenvalue weighted by atomic mass is 32.2. The predicted octanol–water partition coefficient (Wildman–Crippen LogP) is 1.84. The molecular formula is C19H21N3O4S. The van der Waals surface area contributed by atoms with Crippen LogP contribution in [0.1, 0.15) is 17.7 Å². The van der Waals surface area contributed by atoms with Crippen LogP contribution in [-0.4, -0.2) is 44.8 Å². The van der Waals surface area contributed by atoms with Gasteiger partial charge in [0.15, 0.2) is 0 Å². The fourth-order valence-corrected chi connectivity index (χ4v) is 4.84. The number of sulfonamides is 1. The maximum Gasteiger partial charge on any atom is 0.253 e. The molecule has 2 aliphatic rings. The molecule has 1 aromatic carbocycles. The highest BCUT2D eigenvalue weighted by molar-refractivity contribution is 7.92. The van der Waals surface area contributed by atoms with Gasteiger partial charge in [0, 0.05) is 17.7 Å². The molecule has 1 aromatic heterocycles. The van der Waals surface area contributed by atoms with Crippen molar-refractivity contribution in [1.82, 2.24) is 4.98 Å². The first kappa shape index (κ1) is 17.9. The largest absolute Gasteiger partial charge is 0.367 e. The lowest BCUT2D eigenvalue weighted by atomic mass is 9.80. The van der Waals surface area contributed by atoms with Gasteiger partial charge < -0.3 is 10.1 Å². The molecule has 1 saturated heterocycles. The summed E-state index contributed by atoms with van der Waals surface area (Å²) in [5, 5.41) is 2.82. The SMILES string of the molecule is Cc1ccc(NC(=O)[C@H]2C[C@@]3(CO2)CN(S(C)(=O)=O)c2ccccc23)cn1. The molecule has 1 N–H and O–H groups in total. The van der Waals surface area contributed by atoms with Gasteiger partial charge in [-0.1, -0.05) is 18.2 Å². The number of pyridine rings is 1. The lowest BCUT2D eigenvalue weighted by Crippen LogP contribution is -2.37. The standard InChI is InChI=1S/C19H21N3O4S/c1-13-7-8-14(10-20-13)21-18(23)17-9-19(12-26-17)11-22(27(2,24)25)16-6-4-3-5-15(16)19/h3-8,10,17H,9,11-12H2,1-2H3,(H,21,23)/t17-,19+/m1/s1. The molecule has 0 radical (unpaired) electrons. The number of nitrogens with zero attached hydrogens (tertiary/aromatic N) is 2. The van der Waals surface area contributed by atoms with E-state index in [9.17, 15) is 13.2 Å². The Morgan fingerprint density at radius 2 is 2.07 bits per heavy atom. The zero-order valence-electron chi connectivity index (χ0n) is 15.2. The molecule has 3 heterocycles. The Bertz CT molecular complexity index is 990. The molecule has 0 bridgehead atoms. The summed E-state index contributed by atoms with van der Waals surface area (Å²) in [5.41, 5.74) is 2.56. The number of ether oxygens (including phenoxy) is 1. The minimum Gasteiger partial charge on any atom is -0.367 e. The Morgan fingerprint density at radius 1 is 1.30 bits per heavy atom. The van der Waals surface area contributed by atoms with Gasteiger partial charge in [-0.05, 0) is 37.1 Å². The number of carbonyl (C=O) groups is 1. The van der Waals surface area contributed by atoms with Gasteiger partial charge in [-0.25, -0.2) is 8.42 Å². The van der Waals surface area contributed by atoms with E-state index in [2.05, 4.69) is 10.3 Å². The van der Waals surface area contributed by atoms with Crippen LogP contribution in [0.2, 0.25) is 0 Å². The zero-order valence-corrected chi connectivity index (χ0v) is 16.0. The van der Waals surface area contributed by atoms with E-state index in [-0.39, 0.29) is 5.91 Å². The third-order valence-electron chi connectivity index (χ3n) is 5.20. The number of fused-ring (bicyclic) bond motifs is 2. The summed E-state index contributed by atoms with van der Waals surface area (Å²) in [6.45, 7) is 2.47. The molecule has 1 spiro atoms. The van der Waals surface area contributed by atoms with Crippen LogP contribution >= 0.6 is 0 Å². The first-order chi connectivity index (χ1) is 12.8. The van der Waals surface area contributed by atoms with Gasteiger partial charge in [0.05, 0.1) is 30.4 Å². The van der Waals surface area contributed by atoms with Crippen molar-refractivity contribution in [1.29, 1.82) is 0 Å². The number of nitrogens with one attached hydrogen (secondary N) is 1. The van der Waals surface area contributed by atoms with E-state index in [1.165, 1.54) is 10.6 Å². The third kappa shape index (κ3) is 3.19. The third-order valence-corrected chi connectivity index (χ3v) is 6.33. The van der Waals surface area contributed by atoms with E-state index in [1.54, 1.807) is 18.3 Å². The van der Waals surface area contributed by atoms with Gasteiger partial charge in [-0.2, -0.15) is 0 Å². The molecular weight excluding hydrogens is 366 g/mol. The van der Waals surface area contributed by atoms with E-state index < -0.39 is 21.5 Å². The first-order valence-corrected chi connectivity index (χ1v) is 10.6. The second-order valence-corrected chi connectivity index (χ2v) is 9.16. The molecule has 1 amide bonds. The lowest BCUT2D eigenvalue weighted by Gasteiger charge is -2.23. The highest BCUT2D eigenvalue weighted by Crippen LogP contribution is 2.48. The molecule has 0 saturated carbocycles. The normalized spacial score (nSPS) is 24.2. The minimum absolute atomic E-state index is 0.243. The molecule has 2 atom stereocenters. The fraction of sp³-hybridized carbons (Fsp3) is 0.368. The number of aryl methyl sites for hydroxylation is 1. The van der Waals surface area contributed by atoms with Crippen LogP contribution in [0.4, 0.5) is 11.4 Å². The molecule has 7 nitrogen and oxygen atoms in total. The minimum atomic E-state index is -3.40. The molecule has 0 unspecified atom stereocenters. The molecule has 4 rings (SSSR count). The average Bonchev–Trinajstić information content (AvgIpc) is 3.20. The smallest absolute Gasteiger partial charge is 0.253 e. The molecule has 27 heavy (non-hydrogen) atoms. The van der Waals surface area contributed by atoms with Crippen LogP contribution < -0.4 is 9.62 Å². The monoisotopic (exact) mass is 387 g/mol. The fourth-order valence-electron chi connectivity index (χ4n) is 3.84. The molecule has 142 valence electrons. The summed E-state index contributed by atoms with van der Waals surface area (Å²) in [4.78, 5) is 16.8. The molecule has 8 heteroatoms. The number of hydrogen-bond acceptors (Lipinski definition) is 5. The van der Waals surface area contributed by atoms with E-state index in [0.717, 1.165) is 11.3 Å². The van der Waals surface area contributed by atoms with Gasteiger partial charge >= 0.3 is 0 Å². The van der Waals surface area contributed by atoms with Crippen molar-refractivity contribution < 1.29 is 17.9 Å². The summed E-state index contributed by atoms with van der Waals surface area (Å²) in [7, 11) is -3.40. The number of aromatic nitrogens is 1. The summed E-state index contributed by atoms with van der Waals surface area (Å²) in [5.74, 6) is -0.243. The molecule has 2 aliphatic heterocycles. The van der Waals surface area contributed by atoms with Crippen LogP contribution in [-0.2, 0) is 25.0 Å². The van der Waals surface area contributed by atoms with Crippen LogP contribution in [0.15, 0.2) is 42.6 Å². The quantitative estimate of drug-likeness (QED) is 0.868. The van der Waals surface area contributed by atoms with E-state index in [1.807, 2.05) is 31.2 Å².